The van der Waals surface area contributed by atoms with Gasteiger partial charge in [-0.25, -0.2) is 0 Å². The second-order valence-electron chi connectivity index (χ2n) is 11.7. The predicted molar refractivity (Wildman–Crippen MR) is 185 cm³/mol. The SMILES string of the molecule is OP(Oc1c(-c2ccccn2)n[nH]c1C(F)(F)F)(Oc1c(-c2ccccn2)n[nH]c1C(F)(F)F)(c1ccccc1)c1ccccc1Cc1ccccc1. The fourth-order valence-electron chi connectivity index (χ4n) is 5.83. The van der Waals surface area contributed by atoms with Crippen LogP contribution in [0.15, 0.2) is 134 Å². The number of aromatic nitrogens is 6. The molecular formula is C37H27F6N6O3P. The van der Waals surface area contributed by atoms with Crippen molar-refractivity contribution in [1.82, 2.24) is 30.4 Å². The van der Waals surface area contributed by atoms with Crippen LogP contribution in [-0.2, 0) is 18.8 Å². The minimum atomic E-state index is -6.43. The first kappa shape index (κ1) is 35.4. The first-order valence-corrected chi connectivity index (χ1v) is 17.9. The van der Waals surface area contributed by atoms with Crippen molar-refractivity contribution in [2.24, 2.45) is 0 Å². The number of nitrogens with zero attached hydrogens (tertiary/aromatic N) is 4. The molecule has 4 aromatic heterocycles. The molecule has 7 aromatic rings. The van der Waals surface area contributed by atoms with Crippen LogP contribution in [0.25, 0.3) is 22.8 Å². The summed E-state index contributed by atoms with van der Waals surface area (Å²) in [5.74, 6) is -2.13. The first-order chi connectivity index (χ1) is 25.4. The standard InChI is InChI=1S/C37H27F6N6O3P/c38-36(39,40)34-32(30(46-48-34)27-18-9-11-21-44-27)51-53(50,26-16-5-2-6-17-26,29-20-8-7-15-25(29)23-24-13-3-1-4-14-24)52-33-31(28-19-10-12-22-45-28)47-49-35(33)37(41,42)43/h1-22,50H,23H2,(H,46,48)(H,47,49). The number of H-pyrrole nitrogens is 2. The van der Waals surface area contributed by atoms with E-state index in [-0.39, 0.29) is 34.0 Å². The zero-order valence-corrected chi connectivity index (χ0v) is 28.1. The van der Waals surface area contributed by atoms with Crippen LogP contribution in [0.2, 0.25) is 0 Å². The van der Waals surface area contributed by atoms with Crippen LogP contribution in [0.1, 0.15) is 22.5 Å². The Morgan fingerprint density at radius 3 is 1.49 bits per heavy atom. The molecule has 7 rings (SSSR count). The molecule has 53 heavy (non-hydrogen) atoms. The van der Waals surface area contributed by atoms with E-state index in [4.69, 9.17) is 9.05 Å². The van der Waals surface area contributed by atoms with Crippen LogP contribution in [0.4, 0.5) is 26.3 Å². The van der Waals surface area contributed by atoms with Crippen molar-refractivity contribution in [2.75, 3.05) is 0 Å². The van der Waals surface area contributed by atoms with Gasteiger partial charge in [-0.1, -0.05) is 0 Å². The van der Waals surface area contributed by atoms with E-state index in [1.54, 1.807) is 48.5 Å². The minimum absolute atomic E-state index is 0.0598. The molecule has 9 nitrogen and oxygen atoms in total. The van der Waals surface area contributed by atoms with Gasteiger partial charge >= 0.3 is 298 Å². The third kappa shape index (κ3) is 6.72. The average Bonchev–Trinajstić information content (AvgIpc) is 3.78. The van der Waals surface area contributed by atoms with Crippen molar-refractivity contribution in [3.8, 4) is 34.3 Å². The molecule has 0 fully saturated rings. The van der Waals surface area contributed by atoms with Crippen LogP contribution in [0.5, 0.6) is 11.5 Å². The molecule has 0 radical (unpaired) electrons. The molecule has 0 spiro atoms. The summed E-state index contributed by atoms with van der Waals surface area (Å²) in [4.78, 5) is 22.2. The number of alkyl halides is 6. The van der Waals surface area contributed by atoms with Gasteiger partial charge in [-0.15, -0.1) is 0 Å². The van der Waals surface area contributed by atoms with Gasteiger partial charge in [0.2, 0.25) is 0 Å². The van der Waals surface area contributed by atoms with Crippen LogP contribution in [0, 0.1) is 0 Å². The first-order valence-electron chi connectivity index (χ1n) is 15.8. The molecule has 0 bridgehead atoms. The van der Waals surface area contributed by atoms with E-state index in [0.29, 0.717) is 5.56 Å². The molecule has 0 amide bonds. The van der Waals surface area contributed by atoms with Crippen LogP contribution >= 0.6 is 7.28 Å². The van der Waals surface area contributed by atoms with E-state index in [1.807, 2.05) is 10.2 Å². The summed E-state index contributed by atoms with van der Waals surface area (Å²) in [7, 11) is -6.43. The normalized spacial score (nSPS) is 12.9. The van der Waals surface area contributed by atoms with Gasteiger partial charge in [0.05, 0.1) is 0 Å². The molecule has 3 N–H and O–H groups in total. The Labute approximate surface area is 297 Å². The van der Waals surface area contributed by atoms with Crippen LogP contribution in [-0.4, -0.2) is 35.3 Å². The number of hydrogen-bond acceptors (Lipinski definition) is 7. The third-order valence-electron chi connectivity index (χ3n) is 8.21. The summed E-state index contributed by atoms with van der Waals surface area (Å²) < 4.78 is 102. The van der Waals surface area contributed by atoms with E-state index in [9.17, 15) is 31.2 Å². The van der Waals surface area contributed by atoms with E-state index in [0.717, 1.165) is 0 Å². The van der Waals surface area contributed by atoms with Crippen molar-refractivity contribution < 1.29 is 40.3 Å². The third-order valence-corrected chi connectivity index (χ3v) is 11.7. The summed E-state index contributed by atoms with van der Waals surface area (Å²) in [6.45, 7) is 0. The van der Waals surface area contributed by atoms with E-state index in [1.165, 1.54) is 85.2 Å². The van der Waals surface area contributed by atoms with Gasteiger partial charge in [0.15, 0.2) is 0 Å². The molecule has 270 valence electrons. The average molecular weight is 749 g/mol. The number of aromatic amines is 2. The van der Waals surface area contributed by atoms with E-state index < -0.39 is 53.9 Å². The number of rotatable bonds is 10. The number of halogens is 6. The van der Waals surface area contributed by atoms with Crippen molar-refractivity contribution in [2.45, 2.75) is 18.8 Å². The summed E-state index contributed by atoms with van der Waals surface area (Å²) in [5.41, 5.74) is -3.29. The van der Waals surface area contributed by atoms with E-state index in [2.05, 4.69) is 20.2 Å². The number of benzene rings is 3. The zero-order valence-electron chi connectivity index (χ0n) is 27.2. The molecule has 0 saturated carbocycles. The summed E-state index contributed by atoms with van der Waals surface area (Å²) in [5, 5.41) is 11.1. The fraction of sp³-hybridized carbons (Fsp3) is 0.0811. The molecule has 0 saturated heterocycles. The van der Waals surface area contributed by atoms with Gasteiger partial charge in [-0.2, -0.15) is 0 Å². The molecule has 0 aliphatic rings. The van der Waals surface area contributed by atoms with Crippen LogP contribution < -0.4 is 19.7 Å². The predicted octanol–water partition coefficient (Wildman–Crippen LogP) is 8.28. The Morgan fingerprint density at radius 2 is 1.02 bits per heavy atom. The number of pyridine rings is 2. The van der Waals surface area contributed by atoms with Gasteiger partial charge in [-0.05, 0) is 0 Å². The quantitative estimate of drug-likeness (QED) is 0.0951. The monoisotopic (exact) mass is 748 g/mol. The second kappa shape index (κ2) is 13.5. The Hall–Kier alpha value is -6.05. The van der Waals surface area contributed by atoms with Crippen molar-refractivity contribution in [1.29, 1.82) is 0 Å². The maximum absolute atomic E-state index is 14.9. The van der Waals surface area contributed by atoms with Gasteiger partial charge in [-0.3, -0.25) is 0 Å². The molecule has 16 heteroatoms. The summed E-state index contributed by atoms with van der Waals surface area (Å²) >= 11 is 0. The van der Waals surface area contributed by atoms with Gasteiger partial charge in [0, 0.05) is 0 Å². The Morgan fingerprint density at radius 1 is 0.566 bits per heavy atom. The Balaban J connectivity index is 1.61. The van der Waals surface area contributed by atoms with Gasteiger partial charge in [0.1, 0.15) is 0 Å². The topological polar surface area (TPSA) is 122 Å². The van der Waals surface area contributed by atoms with E-state index >= 15 is 0 Å². The fourth-order valence-corrected chi connectivity index (χ4v) is 9.29. The number of nitrogens with one attached hydrogen (secondary N) is 2. The van der Waals surface area contributed by atoms with Crippen molar-refractivity contribution >= 4 is 17.9 Å². The van der Waals surface area contributed by atoms with Crippen molar-refractivity contribution in [3.05, 3.63) is 156 Å². The summed E-state index contributed by atoms with van der Waals surface area (Å²) in [6.07, 6.45) is -7.66. The molecule has 3 aromatic carbocycles. The molecule has 0 atom stereocenters. The summed E-state index contributed by atoms with van der Waals surface area (Å²) in [6, 6.07) is 30.7. The molecule has 4 heterocycles. The molecular weight excluding hydrogens is 721 g/mol. The Kier molecular flexibility index (Phi) is 9.00. The van der Waals surface area contributed by atoms with Gasteiger partial charge < -0.3 is 0 Å². The molecule has 0 aliphatic heterocycles. The Bertz CT molecular complexity index is 2240. The number of hydrogen-bond donors (Lipinski definition) is 3. The molecule has 0 unspecified atom stereocenters. The molecule has 0 aliphatic carbocycles. The van der Waals surface area contributed by atoms with Gasteiger partial charge in [0.25, 0.3) is 0 Å². The van der Waals surface area contributed by atoms with Crippen LogP contribution in [0.3, 0.4) is 0 Å². The maximum atomic E-state index is 14.9. The zero-order chi connectivity index (χ0) is 37.3. The van der Waals surface area contributed by atoms with Crippen molar-refractivity contribution in [3.63, 3.8) is 0 Å². The second-order valence-corrected chi connectivity index (χ2v) is 14.9.